The Morgan fingerprint density at radius 1 is 1.43 bits per heavy atom. The topological polar surface area (TPSA) is 56.5 Å². The fourth-order valence-corrected chi connectivity index (χ4v) is 1.33. The molecule has 2 rings (SSSR count). The summed E-state index contributed by atoms with van der Waals surface area (Å²) < 4.78 is 0. The molecule has 0 aliphatic rings. The zero-order chi connectivity index (χ0) is 9.80. The number of nitrogens with zero attached hydrogens (tertiary/aromatic N) is 1. The van der Waals surface area contributed by atoms with Crippen LogP contribution in [-0.4, -0.2) is 21.5 Å². The molecule has 0 aliphatic carbocycles. The van der Waals surface area contributed by atoms with Gasteiger partial charge in [0.15, 0.2) is 0 Å². The van der Waals surface area contributed by atoms with E-state index in [4.69, 9.17) is 0 Å². The van der Waals surface area contributed by atoms with E-state index in [1.807, 2.05) is 24.5 Å². The maximum absolute atomic E-state index is 4.27. The summed E-state index contributed by atoms with van der Waals surface area (Å²) in [5.74, 6) is 0.969. The van der Waals surface area contributed by atoms with Gasteiger partial charge in [0.25, 0.3) is 0 Å². The number of aromatic amines is 2. The van der Waals surface area contributed by atoms with Crippen molar-refractivity contribution >= 4 is 0 Å². The minimum atomic E-state index is 0.789. The van der Waals surface area contributed by atoms with Gasteiger partial charge in [0.2, 0.25) is 0 Å². The Bertz CT molecular complexity index is 374. The number of rotatable bonds is 4. The number of nitrogens with one attached hydrogen (secondary N) is 3. The summed E-state index contributed by atoms with van der Waals surface area (Å²) in [6, 6.07) is 3.99. The summed E-state index contributed by atoms with van der Waals surface area (Å²) in [5, 5.41) is 3.22. The van der Waals surface area contributed by atoms with E-state index >= 15 is 0 Å². The molecule has 2 aromatic heterocycles. The van der Waals surface area contributed by atoms with Gasteiger partial charge in [-0.25, -0.2) is 4.98 Å². The largest absolute Gasteiger partial charge is 0.360 e. The summed E-state index contributed by atoms with van der Waals surface area (Å²) in [5.41, 5.74) is 2.10. The van der Waals surface area contributed by atoms with Crippen molar-refractivity contribution in [1.82, 2.24) is 20.3 Å². The van der Waals surface area contributed by atoms with Crippen LogP contribution in [0.15, 0.2) is 24.5 Å². The Labute approximate surface area is 82.8 Å². The summed E-state index contributed by atoms with van der Waals surface area (Å²) in [6.45, 7) is 3.82. The quantitative estimate of drug-likeness (QED) is 0.684. The van der Waals surface area contributed by atoms with Crippen molar-refractivity contribution in [1.29, 1.82) is 0 Å². The minimum Gasteiger partial charge on any atom is -0.360 e. The van der Waals surface area contributed by atoms with Crippen molar-refractivity contribution in [3.8, 4) is 11.4 Å². The van der Waals surface area contributed by atoms with Crippen molar-refractivity contribution in [2.75, 3.05) is 6.54 Å². The molecular formula is C10H14N4. The van der Waals surface area contributed by atoms with Crippen molar-refractivity contribution in [2.24, 2.45) is 0 Å². The average molecular weight is 190 g/mol. The standard InChI is InChI=1S/C10H14N4/c1-2-11-7-10-13-6-9(14-10)8-4-3-5-12-8/h3-6,11-12H,2,7H2,1H3,(H,13,14). The lowest BCUT2D eigenvalue weighted by atomic mass is 10.3. The molecule has 14 heavy (non-hydrogen) atoms. The molecule has 0 fully saturated rings. The van der Waals surface area contributed by atoms with Gasteiger partial charge in [-0.15, -0.1) is 0 Å². The number of aromatic nitrogens is 3. The molecule has 0 unspecified atom stereocenters. The molecule has 4 nitrogen and oxygen atoms in total. The van der Waals surface area contributed by atoms with Crippen LogP contribution in [-0.2, 0) is 6.54 Å². The predicted molar refractivity (Wildman–Crippen MR) is 55.8 cm³/mol. The van der Waals surface area contributed by atoms with Crippen LogP contribution < -0.4 is 5.32 Å². The number of hydrogen-bond acceptors (Lipinski definition) is 2. The Balaban J connectivity index is 2.10. The van der Waals surface area contributed by atoms with Gasteiger partial charge in [0.05, 0.1) is 24.1 Å². The van der Waals surface area contributed by atoms with Crippen LogP contribution in [0.1, 0.15) is 12.7 Å². The SMILES string of the molecule is CCNCc1ncc(-c2ccc[nH]2)[nH]1. The van der Waals surface area contributed by atoms with Crippen LogP contribution in [0.5, 0.6) is 0 Å². The minimum absolute atomic E-state index is 0.789. The van der Waals surface area contributed by atoms with E-state index in [-0.39, 0.29) is 0 Å². The molecular weight excluding hydrogens is 176 g/mol. The van der Waals surface area contributed by atoms with Crippen molar-refractivity contribution in [2.45, 2.75) is 13.5 Å². The molecule has 4 heteroatoms. The number of hydrogen-bond donors (Lipinski definition) is 3. The number of imidazole rings is 1. The second-order valence-corrected chi connectivity index (χ2v) is 3.11. The number of H-pyrrole nitrogens is 2. The first-order valence-corrected chi connectivity index (χ1v) is 4.78. The smallest absolute Gasteiger partial charge is 0.120 e. The third-order valence-electron chi connectivity index (χ3n) is 2.06. The van der Waals surface area contributed by atoms with Gasteiger partial charge in [0, 0.05) is 6.20 Å². The van der Waals surface area contributed by atoms with Crippen LogP contribution in [0, 0.1) is 0 Å². The first kappa shape index (κ1) is 9.02. The van der Waals surface area contributed by atoms with Crippen LogP contribution in [0.2, 0.25) is 0 Å². The lowest BCUT2D eigenvalue weighted by molar-refractivity contribution is 0.698. The normalized spacial score (nSPS) is 10.6. The molecule has 2 aromatic rings. The van der Waals surface area contributed by atoms with Gasteiger partial charge in [0.1, 0.15) is 5.82 Å². The molecule has 74 valence electrons. The molecule has 3 N–H and O–H groups in total. The Hall–Kier alpha value is -1.55. The van der Waals surface area contributed by atoms with Crippen LogP contribution >= 0.6 is 0 Å². The van der Waals surface area contributed by atoms with Crippen LogP contribution in [0.3, 0.4) is 0 Å². The highest BCUT2D eigenvalue weighted by molar-refractivity contribution is 5.53. The zero-order valence-corrected chi connectivity index (χ0v) is 8.17. The second-order valence-electron chi connectivity index (χ2n) is 3.11. The monoisotopic (exact) mass is 190 g/mol. The average Bonchev–Trinajstić information content (AvgIpc) is 2.85. The van der Waals surface area contributed by atoms with Gasteiger partial charge in [-0.05, 0) is 18.7 Å². The van der Waals surface area contributed by atoms with Gasteiger partial charge < -0.3 is 15.3 Å². The summed E-state index contributed by atoms with van der Waals surface area (Å²) in [4.78, 5) is 10.6. The molecule has 0 atom stereocenters. The van der Waals surface area contributed by atoms with E-state index in [1.165, 1.54) is 0 Å². The lowest BCUT2D eigenvalue weighted by Crippen LogP contribution is -2.12. The van der Waals surface area contributed by atoms with Gasteiger partial charge in [-0.2, -0.15) is 0 Å². The predicted octanol–water partition coefficient (Wildman–Crippen LogP) is 1.51. The molecule has 0 amide bonds. The van der Waals surface area contributed by atoms with Crippen molar-refractivity contribution < 1.29 is 0 Å². The first-order chi connectivity index (χ1) is 6.90. The van der Waals surface area contributed by atoms with Gasteiger partial charge >= 0.3 is 0 Å². The Morgan fingerprint density at radius 2 is 2.36 bits per heavy atom. The molecule has 0 spiro atoms. The third kappa shape index (κ3) is 1.85. The van der Waals surface area contributed by atoms with Crippen molar-refractivity contribution in [3.63, 3.8) is 0 Å². The van der Waals surface area contributed by atoms with E-state index < -0.39 is 0 Å². The second kappa shape index (κ2) is 4.11. The fourth-order valence-electron chi connectivity index (χ4n) is 1.33. The summed E-state index contributed by atoms with van der Waals surface area (Å²) in [6.07, 6.45) is 3.75. The summed E-state index contributed by atoms with van der Waals surface area (Å²) in [7, 11) is 0. The van der Waals surface area contributed by atoms with E-state index in [9.17, 15) is 0 Å². The molecule has 0 aromatic carbocycles. The Kier molecular flexibility index (Phi) is 2.65. The van der Waals surface area contributed by atoms with Crippen molar-refractivity contribution in [3.05, 3.63) is 30.4 Å². The molecule has 0 bridgehead atoms. The lowest BCUT2D eigenvalue weighted by Gasteiger charge is -1.96. The highest BCUT2D eigenvalue weighted by Crippen LogP contribution is 2.13. The van der Waals surface area contributed by atoms with E-state index in [2.05, 4.69) is 27.2 Å². The maximum Gasteiger partial charge on any atom is 0.120 e. The van der Waals surface area contributed by atoms with Crippen LogP contribution in [0.4, 0.5) is 0 Å². The molecule has 0 saturated heterocycles. The van der Waals surface area contributed by atoms with Gasteiger partial charge in [-0.1, -0.05) is 6.92 Å². The Morgan fingerprint density at radius 3 is 3.07 bits per heavy atom. The highest BCUT2D eigenvalue weighted by Gasteiger charge is 2.02. The maximum atomic E-state index is 4.27. The molecule has 2 heterocycles. The third-order valence-corrected chi connectivity index (χ3v) is 2.06. The van der Waals surface area contributed by atoms with Gasteiger partial charge in [-0.3, -0.25) is 0 Å². The molecule has 0 radical (unpaired) electrons. The fraction of sp³-hybridized carbons (Fsp3) is 0.300. The first-order valence-electron chi connectivity index (χ1n) is 4.78. The summed E-state index contributed by atoms with van der Waals surface area (Å²) >= 11 is 0. The highest BCUT2D eigenvalue weighted by atomic mass is 15.0. The molecule has 0 aliphatic heterocycles. The van der Waals surface area contributed by atoms with Crippen LogP contribution in [0.25, 0.3) is 11.4 Å². The van der Waals surface area contributed by atoms with E-state index in [1.54, 1.807) is 0 Å². The zero-order valence-electron chi connectivity index (χ0n) is 8.17. The molecule has 0 saturated carbocycles. The van der Waals surface area contributed by atoms with E-state index in [0.29, 0.717) is 0 Å². The van der Waals surface area contributed by atoms with E-state index in [0.717, 1.165) is 30.3 Å².